The normalized spacial score (nSPS) is 10.8. The number of ether oxygens (including phenoxy) is 1. The topological polar surface area (TPSA) is 64.4 Å². The molecule has 0 fully saturated rings. The number of benzene rings is 1. The molecule has 18 heavy (non-hydrogen) atoms. The molecule has 1 aromatic carbocycles. The maximum Gasteiger partial charge on any atom is 0.323 e. The van der Waals surface area contributed by atoms with Crippen molar-refractivity contribution in [2.75, 3.05) is 6.61 Å². The predicted octanol–water partition coefficient (Wildman–Crippen LogP) is 2.14. The second kappa shape index (κ2) is 4.68. The van der Waals surface area contributed by atoms with Crippen LogP contribution in [-0.4, -0.2) is 27.2 Å². The maximum atomic E-state index is 10.9. The van der Waals surface area contributed by atoms with Crippen LogP contribution in [0, 0.1) is 13.8 Å². The minimum absolute atomic E-state index is 0.145. The van der Waals surface area contributed by atoms with E-state index < -0.39 is 5.97 Å². The van der Waals surface area contributed by atoms with E-state index in [9.17, 15) is 4.79 Å². The predicted molar refractivity (Wildman–Crippen MR) is 68.0 cm³/mol. The first-order chi connectivity index (χ1) is 8.52. The lowest BCUT2D eigenvalue weighted by Crippen LogP contribution is -2.11. The van der Waals surface area contributed by atoms with Gasteiger partial charge in [-0.05, 0) is 44.0 Å². The summed E-state index contributed by atoms with van der Waals surface area (Å²) in [6, 6.07) is 4.26. The highest BCUT2D eigenvalue weighted by Crippen LogP contribution is 2.24. The van der Waals surface area contributed by atoms with Crippen molar-refractivity contribution in [2.45, 2.75) is 27.3 Å². The molecule has 1 heterocycles. The molecule has 0 saturated carbocycles. The summed E-state index contributed by atoms with van der Waals surface area (Å²) in [6.07, 6.45) is 0. The zero-order valence-electron chi connectivity index (χ0n) is 10.7. The number of hydrogen-bond donors (Lipinski definition) is 1. The highest BCUT2D eigenvalue weighted by atomic mass is 16.5. The average Bonchev–Trinajstić information content (AvgIpc) is 2.58. The largest absolute Gasteiger partial charge is 0.480 e. The number of fused-ring (bicyclic) bond motifs is 1. The van der Waals surface area contributed by atoms with Crippen molar-refractivity contribution >= 4 is 17.0 Å². The summed E-state index contributed by atoms with van der Waals surface area (Å²) in [7, 11) is 0. The monoisotopic (exact) mass is 248 g/mol. The average molecular weight is 248 g/mol. The van der Waals surface area contributed by atoms with Crippen LogP contribution in [0.1, 0.15) is 18.1 Å². The van der Waals surface area contributed by atoms with Crippen molar-refractivity contribution in [1.29, 1.82) is 0 Å². The molecular formula is C13H16N2O3. The lowest BCUT2D eigenvalue weighted by molar-refractivity contribution is -0.137. The van der Waals surface area contributed by atoms with Gasteiger partial charge >= 0.3 is 5.97 Å². The lowest BCUT2D eigenvalue weighted by atomic mass is 10.1. The number of carbonyl (C=O) groups is 1. The summed E-state index contributed by atoms with van der Waals surface area (Å²) in [5.41, 5.74) is 3.80. The fraction of sp³-hybridized carbons (Fsp3) is 0.385. The van der Waals surface area contributed by atoms with E-state index in [1.807, 2.05) is 32.9 Å². The van der Waals surface area contributed by atoms with Gasteiger partial charge in [-0.2, -0.15) is 4.98 Å². The Hall–Kier alpha value is -2.04. The third-order valence-corrected chi connectivity index (χ3v) is 2.90. The molecular weight excluding hydrogens is 232 g/mol. The second-order valence-electron chi connectivity index (χ2n) is 4.23. The Morgan fingerprint density at radius 3 is 2.67 bits per heavy atom. The summed E-state index contributed by atoms with van der Waals surface area (Å²) < 4.78 is 6.98. The van der Waals surface area contributed by atoms with Crippen LogP contribution in [0.5, 0.6) is 6.01 Å². The standard InChI is InChI=1S/C13H16N2O3/c1-4-18-13-14-10-5-8(2)9(3)6-11(10)15(13)7-12(16)17/h5-6H,4,7H2,1-3H3,(H,16,17). The molecule has 5 heteroatoms. The molecule has 0 bridgehead atoms. The van der Waals surface area contributed by atoms with E-state index in [1.54, 1.807) is 4.57 Å². The molecule has 2 rings (SSSR count). The van der Waals surface area contributed by atoms with Gasteiger partial charge in [0.05, 0.1) is 17.6 Å². The third-order valence-electron chi connectivity index (χ3n) is 2.90. The van der Waals surface area contributed by atoms with Crippen molar-refractivity contribution in [1.82, 2.24) is 9.55 Å². The van der Waals surface area contributed by atoms with Crippen LogP contribution in [0.15, 0.2) is 12.1 Å². The molecule has 0 saturated heterocycles. The molecule has 0 unspecified atom stereocenters. The quantitative estimate of drug-likeness (QED) is 0.900. The van der Waals surface area contributed by atoms with E-state index >= 15 is 0 Å². The molecule has 0 radical (unpaired) electrons. The van der Waals surface area contributed by atoms with Crippen molar-refractivity contribution in [2.24, 2.45) is 0 Å². The van der Waals surface area contributed by atoms with Crippen LogP contribution in [0.4, 0.5) is 0 Å². The molecule has 0 spiro atoms. The number of carboxylic acids is 1. The number of carboxylic acid groups (broad SMARTS) is 1. The summed E-state index contributed by atoms with van der Waals surface area (Å²) in [6.45, 7) is 6.16. The van der Waals surface area contributed by atoms with Gasteiger partial charge in [0.15, 0.2) is 0 Å². The van der Waals surface area contributed by atoms with Crippen molar-refractivity contribution in [3.63, 3.8) is 0 Å². The van der Waals surface area contributed by atoms with Crippen LogP contribution in [0.3, 0.4) is 0 Å². The summed E-state index contributed by atoms with van der Waals surface area (Å²) in [4.78, 5) is 15.2. The van der Waals surface area contributed by atoms with E-state index in [1.165, 1.54) is 0 Å². The first-order valence-corrected chi connectivity index (χ1v) is 5.85. The Balaban J connectivity index is 2.64. The van der Waals surface area contributed by atoms with Gasteiger partial charge in [0.25, 0.3) is 6.01 Å². The van der Waals surface area contributed by atoms with E-state index in [2.05, 4.69) is 4.98 Å². The lowest BCUT2D eigenvalue weighted by Gasteiger charge is -2.06. The maximum absolute atomic E-state index is 10.9. The summed E-state index contributed by atoms with van der Waals surface area (Å²) in [5, 5.41) is 8.96. The van der Waals surface area contributed by atoms with E-state index in [0.29, 0.717) is 12.6 Å². The Morgan fingerprint density at radius 2 is 2.06 bits per heavy atom. The highest BCUT2D eigenvalue weighted by Gasteiger charge is 2.15. The minimum atomic E-state index is -0.909. The van der Waals surface area contributed by atoms with E-state index in [-0.39, 0.29) is 6.54 Å². The van der Waals surface area contributed by atoms with Crippen molar-refractivity contribution < 1.29 is 14.6 Å². The molecule has 1 N–H and O–H groups in total. The zero-order valence-corrected chi connectivity index (χ0v) is 10.7. The van der Waals surface area contributed by atoms with Gasteiger partial charge in [0.1, 0.15) is 6.54 Å². The fourth-order valence-electron chi connectivity index (χ4n) is 1.89. The molecule has 0 atom stereocenters. The van der Waals surface area contributed by atoms with Gasteiger partial charge in [-0.1, -0.05) is 0 Å². The molecule has 96 valence electrons. The van der Waals surface area contributed by atoms with Crippen LogP contribution in [0.2, 0.25) is 0 Å². The molecule has 1 aromatic heterocycles. The van der Waals surface area contributed by atoms with Gasteiger partial charge in [-0.15, -0.1) is 0 Å². The Morgan fingerprint density at radius 1 is 1.39 bits per heavy atom. The molecule has 5 nitrogen and oxygen atoms in total. The van der Waals surface area contributed by atoms with Gasteiger partial charge in [0, 0.05) is 0 Å². The van der Waals surface area contributed by atoms with Gasteiger partial charge in [0.2, 0.25) is 0 Å². The van der Waals surface area contributed by atoms with Crippen LogP contribution >= 0.6 is 0 Å². The Labute approximate surface area is 105 Å². The van der Waals surface area contributed by atoms with Gasteiger partial charge < -0.3 is 9.84 Å². The van der Waals surface area contributed by atoms with Crippen LogP contribution < -0.4 is 4.74 Å². The number of aryl methyl sites for hydroxylation is 2. The number of rotatable bonds is 4. The van der Waals surface area contributed by atoms with Gasteiger partial charge in [-0.25, -0.2) is 0 Å². The molecule has 0 aliphatic heterocycles. The van der Waals surface area contributed by atoms with E-state index in [0.717, 1.165) is 22.2 Å². The molecule has 2 aromatic rings. The number of nitrogens with zero attached hydrogens (tertiary/aromatic N) is 2. The highest BCUT2D eigenvalue weighted by molar-refractivity contribution is 5.80. The molecule has 0 aliphatic rings. The van der Waals surface area contributed by atoms with Crippen LogP contribution in [0.25, 0.3) is 11.0 Å². The first kappa shape index (κ1) is 12.4. The van der Waals surface area contributed by atoms with Crippen molar-refractivity contribution in [3.8, 4) is 6.01 Å². The SMILES string of the molecule is CCOc1nc2cc(C)c(C)cc2n1CC(=O)O. The summed E-state index contributed by atoms with van der Waals surface area (Å²) >= 11 is 0. The number of aliphatic carboxylic acids is 1. The van der Waals surface area contributed by atoms with E-state index in [4.69, 9.17) is 9.84 Å². The molecule has 0 aliphatic carbocycles. The Kier molecular flexibility index (Phi) is 3.23. The number of hydrogen-bond acceptors (Lipinski definition) is 3. The Bertz CT molecular complexity index is 602. The number of imidazole rings is 1. The first-order valence-electron chi connectivity index (χ1n) is 5.85. The zero-order chi connectivity index (χ0) is 13.3. The fourth-order valence-corrected chi connectivity index (χ4v) is 1.89. The number of aromatic nitrogens is 2. The van der Waals surface area contributed by atoms with Crippen molar-refractivity contribution in [3.05, 3.63) is 23.3 Å². The molecule has 0 amide bonds. The minimum Gasteiger partial charge on any atom is -0.480 e. The van der Waals surface area contributed by atoms with Crippen LogP contribution in [-0.2, 0) is 11.3 Å². The smallest absolute Gasteiger partial charge is 0.323 e. The third kappa shape index (κ3) is 2.16. The summed E-state index contributed by atoms with van der Waals surface area (Å²) in [5.74, 6) is -0.909. The van der Waals surface area contributed by atoms with Gasteiger partial charge in [-0.3, -0.25) is 9.36 Å². The second-order valence-corrected chi connectivity index (χ2v) is 4.23.